The van der Waals surface area contributed by atoms with Crippen molar-refractivity contribution in [1.82, 2.24) is 0 Å². The van der Waals surface area contributed by atoms with E-state index < -0.39 is 5.91 Å². The Hall–Kier alpha value is -2.05. The van der Waals surface area contributed by atoms with E-state index in [1.54, 1.807) is 25.3 Å². The molecule has 0 aromatic heterocycles. The summed E-state index contributed by atoms with van der Waals surface area (Å²) in [6, 6.07) is 12.6. The molecule has 134 valence electrons. The van der Waals surface area contributed by atoms with Crippen LogP contribution in [0.15, 0.2) is 46.4 Å². The van der Waals surface area contributed by atoms with Gasteiger partial charge in [0, 0.05) is 10.2 Å². The van der Waals surface area contributed by atoms with Gasteiger partial charge >= 0.3 is 0 Å². The van der Waals surface area contributed by atoms with Gasteiger partial charge in [-0.3, -0.25) is 4.79 Å². The van der Waals surface area contributed by atoms with Crippen LogP contribution in [0.4, 0.5) is 5.69 Å². The fourth-order valence-electron chi connectivity index (χ4n) is 2.15. The van der Waals surface area contributed by atoms with Crippen LogP contribution in [0.5, 0.6) is 11.5 Å². The van der Waals surface area contributed by atoms with Gasteiger partial charge in [0.25, 0.3) is 5.91 Å². The molecule has 1 N–H and O–H groups in total. The SMILES string of the molecule is CCOc1c(I)cc(/C=C(\C#N)C(=O)Nc2ccc(Br)cc2)cc1OC. The molecule has 2 aromatic carbocycles. The largest absolute Gasteiger partial charge is 0.493 e. The molecule has 7 heteroatoms. The first-order valence-electron chi connectivity index (χ1n) is 7.67. The van der Waals surface area contributed by atoms with E-state index in [0.717, 1.165) is 8.04 Å². The summed E-state index contributed by atoms with van der Waals surface area (Å²) < 4.78 is 12.7. The molecule has 0 heterocycles. The number of ether oxygens (including phenoxy) is 2. The van der Waals surface area contributed by atoms with E-state index in [0.29, 0.717) is 29.4 Å². The van der Waals surface area contributed by atoms with Crippen molar-refractivity contribution in [3.63, 3.8) is 0 Å². The highest BCUT2D eigenvalue weighted by molar-refractivity contribution is 14.1. The molecular formula is C19H16BrIN2O3. The molecule has 0 bridgehead atoms. The summed E-state index contributed by atoms with van der Waals surface area (Å²) in [6.45, 7) is 2.41. The summed E-state index contributed by atoms with van der Waals surface area (Å²) in [5.41, 5.74) is 1.28. The highest BCUT2D eigenvalue weighted by atomic mass is 127. The second-order valence-corrected chi connectivity index (χ2v) is 7.18. The van der Waals surface area contributed by atoms with Crippen molar-refractivity contribution in [2.24, 2.45) is 0 Å². The Morgan fingerprint density at radius 3 is 2.62 bits per heavy atom. The molecule has 0 spiro atoms. The Balaban J connectivity index is 2.30. The maximum atomic E-state index is 12.4. The highest BCUT2D eigenvalue weighted by Gasteiger charge is 2.13. The minimum absolute atomic E-state index is 0.00469. The van der Waals surface area contributed by atoms with E-state index in [4.69, 9.17) is 9.47 Å². The molecule has 26 heavy (non-hydrogen) atoms. The van der Waals surface area contributed by atoms with Gasteiger partial charge in [-0.25, -0.2) is 0 Å². The average molecular weight is 527 g/mol. The number of nitrogens with zero attached hydrogens (tertiary/aromatic N) is 1. The van der Waals surface area contributed by atoms with Crippen LogP contribution in [-0.4, -0.2) is 19.6 Å². The first-order valence-corrected chi connectivity index (χ1v) is 9.54. The third-order valence-corrected chi connectivity index (χ3v) is 4.65. The van der Waals surface area contributed by atoms with Gasteiger partial charge in [0.2, 0.25) is 0 Å². The summed E-state index contributed by atoms with van der Waals surface area (Å²) in [5, 5.41) is 12.1. The highest BCUT2D eigenvalue weighted by Crippen LogP contribution is 2.34. The van der Waals surface area contributed by atoms with Crippen molar-refractivity contribution in [2.75, 3.05) is 19.0 Å². The second kappa shape index (κ2) is 9.59. The van der Waals surface area contributed by atoms with E-state index in [2.05, 4.69) is 43.8 Å². The van der Waals surface area contributed by atoms with Crippen molar-refractivity contribution < 1.29 is 14.3 Å². The van der Waals surface area contributed by atoms with Gasteiger partial charge in [0.05, 0.1) is 17.3 Å². The smallest absolute Gasteiger partial charge is 0.266 e. The predicted octanol–water partition coefficient (Wildman–Crippen LogP) is 5.01. The predicted molar refractivity (Wildman–Crippen MR) is 113 cm³/mol. The molecule has 0 aliphatic heterocycles. The number of nitriles is 1. The van der Waals surface area contributed by atoms with E-state index in [1.807, 2.05) is 31.2 Å². The Morgan fingerprint density at radius 1 is 1.35 bits per heavy atom. The fourth-order valence-corrected chi connectivity index (χ4v) is 3.20. The van der Waals surface area contributed by atoms with Gasteiger partial charge < -0.3 is 14.8 Å². The zero-order valence-corrected chi connectivity index (χ0v) is 17.9. The van der Waals surface area contributed by atoms with E-state index >= 15 is 0 Å². The lowest BCUT2D eigenvalue weighted by molar-refractivity contribution is -0.112. The number of hydrogen-bond acceptors (Lipinski definition) is 4. The molecule has 0 unspecified atom stereocenters. The fraction of sp³-hybridized carbons (Fsp3) is 0.158. The second-order valence-electron chi connectivity index (χ2n) is 5.10. The number of anilines is 1. The van der Waals surface area contributed by atoms with Crippen LogP contribution < -0.4 is 14.8 Å². The molecule has 5 nitrogen and oxygen atoms in total. The minimum atomic E-state index is -0.474. The van der Waals surface area contributed by atoms with Crippen LogP contribution >= 0.6 is 38.5 Å². The maximum absolute atomic E-state index is 12.4. The van der Waals surface area contributed by atoms with Gasteiger partial charge in [0.15, 0.2) is 11.5 Å². The number of carbonyl (C=O) groups excluding carboxylic acids is 1. The maximum Gasteiger partial charge on any atom is 0.266 e. The molecule has 2 aromatic rings. The molecule has 0 radical (unpaired) electrons. The molecule has 1 amide bonds. The first-order chi connectivity index (χ1) is 12.5. The van der Waals surface area contributed by atoms with Crippen LogP contribution in [0, 0.1) is 14.9 Å². The Labute approximate surface area is 174 Å². The number of amides is 1. The summed E-state index contributed by atoms with van der Waals surface area (Å²) >= 11 is 5.47. The number of hydrogen-bond donors (Lipinski definition) is 1. The monoisotopic (exact) mass is 526 g/mol. The molecule has 0 atom stereocenters. The third kappa shape index (κ3) is 5.22. The number of methoxy groups -OCH3 is 1. The summed E-state index contributed by atoms with van der Waals surface area (Å²) in [6.07, 6.45) is 1.52. The number of rotatable bonds is 6. The molecular weight excluding hydrogens is 511 g/mol. The van der Waals surface area contributed by atoms with Crippen LogP contribution in [0.3, 0.4) is 0 Å². The first kappa shape index (κ1) is 20.3. The van der Waals surface area contributed by atoms with Crippen molar-refractivity contribution in [3.05, 3.63) is 55.6 Å². The lowest BCUT2D eigenvalue weighted by atomic mass is 10.1. The molecule has 2 rings (SSSR count). The van der Waals surface area contributed by atoms with Crippen LogP contribution in [-0.2, 0) is 4.79 Å². The Bertz CT molecular complexity index is 874. The van der Waals surface area contributed by atoms with Gasteiger partial charge in [-0.1, -0.05) is 15.9 Å². The molecule has 0 aliphatic rings. The Morgan fingerprint density at radius 2 is 2.04 bits per heavy atom. The lowest BCUT2D eigenvalue weighted by Crippen LogP contribution is -2.13. The van der Waals surface area contributed by atoms with Crippen molar-refractivity contribution in [3.8, 4) is 17.6 Å². The van der Waals surface area contributed by atoms with Gasteiger partial charge in [0.1, 0.15) is 11.6 Å². The molecule has 0 saturated carbocycles. The summed E-state index contributed by atoms with van der Waals surface area (Å²) in [4.78, 5) is 12.4. The quantitative estimate of drug-likeness (QED) is 0.326. The zero-order valence-electron chi connectivity index (χ0n) is 14.2. The molecule has 0 fully saturated rings. The van der Waals surface area contributed by atoms with E-state index in [-0.39, 0.29) is 5.57 Å². The Kier molecular flexibility index (Phi) is 7.48. The van der Waals surface area contributed by atoms with Crippen molar-refractivity contribution in [2.45, 2.75) is 6.92 Å². The standard InChI is InChI=1S/C19H16BrIN2O3/c1-3-26-18-16(21)9-12(10-17(18)25-2)8-13(11-22)19(24)23-15-6-4-14(20)5-7-15/h4-10H,3H2,1-2H3,(H,23,24)/b13-8+. The topological polar surface area (TPSA) is 71.3 Å². The molecule has 0 aliphatic carbocycles. The van der Waals surface area contributed by atoms with Crippen molar-refractivity contribution in [1.29, 1.82) is 5.26 Å². The number of nitrogens with one attached hydrogen (secondary N) is 1. The average Bonchev–Trinajstić information content (AvgIpc) is 2.63. The zero-order chi connectivity index (χ0) is 19.1. The summed E-state index contributed by atoms with van der Waals surface area (Å²) in [7, 11) is 1.55. The number of halogens is 2. The van der Waals surface area contributed by atoms with Gasteiger partial charge in [-0.05, 0) is 77.6 Å². The van der Waals surface area contributed by atoms with Gasteiger partial charge in [-0.15, -0.1) is 0 Å². The minimum Gasteiger partial charge on any atom is -0.493 e. The summed E-state index contributed by atoms with van der Waals surface area (Å²) in [5.74, 6) is 0.721. The van der Waals surface area contributed by atoms with E-state index in [9.17, 15) is 10.1 Å². The van der Waals surface area contributed by atoms with Crippen LogP contribution in [0.2, 0.25) is 0 Å². The normalized spacial score (nSPS) is 10.8. The van der Waals surface area contributed by atoms with E-state index in [1.165, 1.54) is 6.08 Å². The third-order valence-electron chi connectivity index (χ3n) is 3.32. The number of carbonyl (C=O) groups is 1. The van der Waals surface area contributed by atoms with Crippen LogP contribution in [0.25, 0.3) is 6.08 Å². The van der Waals surface area contributed by atoms with Gasteiger partial charge in [-0.2, -0.15) is 5.26 Å². The number of benzene rings is 2. The van der Waals surface area contributed by atoms with Crippen LogP contribution in [0.1, 0.15) is 12.5 Å². The molecule has 0 saturated heterocycles. The lowest BCUT2D eigenvalue weighted by Gasteiger charge is -2.12. The van der Waals surface area contributed by atoms with Crippen molar-refractivity contribution >= 4 is 56.2 Å².